The smallest absolute Gasteiger partial charge is 0.252 e. The van der Waals surface area contributed by atoms with Gasteiger partial charge in [0.1, 0.15) is 11.9 Å². The van der Waals surface area contributed by atoms with Gasteiger partial charge in [0.2, 0.25) is 5.91 Å². The highest BCUT2D eigenvalue weighted by molar-refractivity contribution is 5.90. The lowest BCUT2D eigenvalue weighted by Gasteiger charge is -2.21. The molecule has 2 atom stereocenters. The van der Waals surface area contributed by atoms with Crippen LogP contribution in [0, 0.1) is 12.8 Å². The molecule has 2 N–H and O–H groups in total. The summed E-state index contributed by atoms with van der Waals surface area (Å²) in [5.74, 6) is 0.0576. The van der Waals surface area contributed by atoms with Crippen molar-refractivity contribution in [1.29, 1.82) is 0 Å². The van der Waals surface area contributed by atoms with Gasteiger partial charge in [0.15, 0.2) is 6.29 Å². The van der Waals surface area contributed by atoms with Crippen molar-refractivity contribution in [2.75, 3.05) is 25.6 Å². The summed E-state index contributed by atoms with van der Waals surface area (Å²) in [5, 5.41) is 13.0. The second-order valence-electron chi connectivity index (χ2n) is 9.49. The second-order valence-corrected chi connectivity index (χ2v) is 9.49. The number of ether oxygens (including phenoxy) is 1. The molecule has 39 heavy (non-hydrogen) atoms. The van der Waals surface area contributed by atoms with E-state index in [4.69, 9.17) is 4.74 Å². The molecule has 1 aliphatic rings. The molecule has 2 unspecified atom stereocenters. The average molecular weight is 542 g/mol. The molecule has 0 radical (unpaired) electrons. The predicted octanol–water partition coefficient (Wildman–Crippen LogP) is 2.55. The van der Waals surface area contributed by atoms with Gasteiger partial charge in [0.05, 0.1) is 12.7 Å². The van der Waals surface area contributed by atoms with Crippen LogP contribution in [0.4, 0.5) is 10.1 Å². The van der Waals surface area contributed by atoms with E-state index in [2.05, 4.69) is 32.0 Å². The van der Waals surface area contributed by atoms with E-state index >= 15 is 0 Å². The standard InChI is InChI=1S/C19H24FN5O4.C8H12N2/c20-15(10-25-11-17(12-26)22-23-25)3-5-24-6-4-16(9-19(24)28)21-18(27)8-14-2-1-7-29-13-14;1-7-3-4-8(5-9-2)6-10-7/h4,6,9,11-12,14-15H,1-3,5,7-8,10,13H2,(H,21,27);3-4,6,9H,5H2,1-2H3. The fraction of sp³-hybridized carbons (Fsp3) is 0.481. The number of aryl methyl sites for hydroxylation is 2. The lowest BCUT2D eigenvalue weighted by Crippen LogP contribution is -2.25. The zero-order chi connectivity index (χ0) is 28.0. The molecule has 1 amide bonds. The SMILES string of the molecule is CNCc1ccc(C)nc1.O=Cc1cn(CC(F)CCn2ccc(NC(=O)CC3CCCOC3)cc2=O)nn1. The van der Waals surface area contributed by atoms with Gasteiger partial charge in [-0.15, -0.1) is 5.10 Å². The van der Waals surface area contributed by atoms with Crippen LogP contribution in [0.2, 0.25) is 0 Å². The molecule has 3 aromatic heterocycles. The molecule has 4 rings (SSSR count). The quantitative estimate of drug-likeness (QED) is 0.354. The van der Waals surface area contributed by atoms with Gasteiger partial charge in [-0.25, -0.2) is 9.07 Å². The maximum atomic E-state index is 14.1. The highest BCUT2D eigenvalue weighted by Gasteiger charge is 2.18. The zero-order valence-corrected chi connectivity index (χ0v) is 22.4. The Hall–Kier alpha value is -3.77. The summed E-state index contributed by atoms with van der Waals surface area (Å²) in [6, 6.07) is 7.06. The minimum atomic E-state index is -1.25. The van der Waals surface area contributed by atoms with Gasteiger partial charge in [-0.05, 0) is 56.8 Å². The molecule has 1 fully saturated rings. The van der Waals surface area contributed by atoms with E-state index in [1.807, 2.05) is 26.2 Å². The molecule has 0 spiro atoms. The van der Waals surface area contributed by atoms with Crippen LogP contribution in [0.3, 0.4) is 0 Å². The van der Waals surface area contributed by atoms with Crippen molar-refractivity contribution in [3.8, 4) is 0 Å². The zero-order valence-electron chi connectivity index (χ0n) is 22.4. The molecule has 0 aromatic carbocycles. The number of alkyl halides is 1. The average Bonchev–Trinajstić information content (AvgIpc) is 3.38. The Bertz CT molecular complexity index is 1240. The Morgan fingerprint density at radius 1 is 1.33 bits per heavy atom. The molecule has 3 aromatic rings. The number of hydrogen-bond donors (Lipinski definition) is 2. The van der Waals surface area contributed by atoms with Crippen LogP contribution in [0.25, 0.3) is 0 Å². The summed E-state index contributed by atoms with van der Waals surface area (Å²) in [6.07, 6.45) is 6.47. The highest BCUT2D eigenvalue weighted by atomic mass is 19.1. The van der Waals surface area contributed by atoms with Gasteiger partial charge in [0, 0.05) is 62.6 Å². The van der Waals surface area contributed by atoms with Gasteiger partial charge in [-0.3, -0.25) is 19.4 Å². The van der Waals surface area contributed by atoms with E-state index in [9.17, 15) is 18.8 Å². The van der Waals surface area contributed by atoms with Crippen molar-refractivity contribution in [3.05, 3.63) is 70.2 Å². The molecule has 1 aliphatic heterocycles. The number of carbonyl (C=O) groups excluding carboxylic acids is 2. The second kappa shape index (κ2) is 15.6. The van der Waals surface area contributed by atoms with Crippen LogP contribution < -0.4 is 16.2 Å². The van der Waals surface area contributed by atoms with Gasteiger partial charge < -0.3 is 19.9 Å². The van der Waals surface area contributed by atoms with Crippen molar-refractivity contribution in [2.24, 2.45) is 5.92 Å². The summed E-state index contributed by atoms with van der Waals surface area (Å²) >= 11 is 0. The van der Waals surface area contributed by atoms with Gasteiger partial charge in [-0.2, -0.15) is 0 Å². The van der Waals surface area contributed by atoms with E-state index in [0.29, 0.717) is 25.0 Å². The fourth-order valence-corrected chi connectivity index (χ4v) is 4.05. The summed E-state index contributed by atoms with van der Waals surface area (Å²) in [5.41, 5.74) is 2.55. The summed E-state index contributed by atoms with van der Waals surface area (Å²) in [6.45, 7) is 4.35. The maximum Gasteiger partial charge on any atom is 0.252 e. The van der Waals surface area contributed by atoms with Crippen LogP contribution in [0.15, 0.2) is 47.7 Å². The Balaban J connectivity index is 0.000000353. The molecule has 11 nitrogen and oxygen atoms in total. The van der Waals surface area contributed by atoms with E-state index in [1.165, 1.54) is 33.3 Å². The first-order valence-corrected chi connectivity index (χ1v) is 13.0. The number of nitrogens with zero attached hydrogens (tertiary/aromatic N) is 5. The number of pyridine rings is 2. The van der Waals surface area contributed by atoms with Crippen LogP contribution in [-0.4, -0.2) is 63.2 Å². The lowest BCUT2D eigenvalue weighted by molar-refractivity contribution is -0.118. The molecule has 1 saturated heterocycles. The van der Waals surface area contributed by atoms with E-state index in [-0.39, 0.29) is 42.6 Å². The fourth-order valence-electron chi connectivity index (χ4n) is 4.05. The van der Waals surface area contributed by atoms with E-state index in [0.717, 1.165) is 31.7 Å². The van der Waals surface area contributed by atoms with Crippen molar-refractivity contribution < 1.29 is 18.7 Å². The summed E-state index contributed by atoms with van der Waals surface area (Å²) in [4.78, 5) is 39.1. The minimum Gasteiger partial charge on any atom is -0.381 e. The summed E-state index contributed by atoms with van der Waals surface area (Å²) in [7, 11) is 1.93. The van der Waals surface area contributed by atoms with E-state index < -0.39 is 6.17 Å². The predicted molar refractivity (Wildman–Crippen MR) is 144 cm³/mol. The van der Waals surface area contributed by atoms with Crippen LogP contribution >= 0.6 is 0 Å². The number of halogens is 1. The number of carbonyl (C=O) groups is 2. The Labute approximate surface area is 226 Å². The summed E-state index contributed by atoms with van der Waals surface area (Å²) < 4.78 is 22.1. The van der Waals surface area contributed by atoms with Gasteiger partial charge in [-0.1, -0.05) is 11.3 Å². The Morgan fingerprint density at radius 2 is 2.18 bits per heavy atom. The molecule has 0 aliphatic carbocycles. The van der Waals surface area contributed by atoms with Crippen molar-refractivity contribution >= 4 is 17.9 Å². The molecule has 4 heterocycles. The number of nitrogens with one attached hydrogen (secondary N) is 2. The van der Waals surface area contributed by atoms with Crippen LogP contribution in [-0.2, 0) is 29.2 Å². The van der Waals surface area contributed by atoms with Crippen molar-refractivity contribution in [1.82, 2.24) is 29.9 Å². The Morgan fingerprint density at radius 3 is 2.82 bits per heavy atom. The minimum absolute atomic E-state index is 0.0470. The Kier molecular flexibility index (Phi) is 11.9. The number of aromatic nitrogens is 5. The molecule has 0 bridgehead atoms. The highest BCUT2D eigenvalue weighted by Crippen LogP contribution is 2.18. The maximum absolute atomic E-state index is 14.1. The number of aldehydes is 1. The van der Waals surface area contributed by atoms with E-state index in [1.54, 1.807) is 6.07 Å². The van der Waals surface area contributed by atoms with Gasteiger partial charge >= 0.3 is 0 Å². The first kappa shape index (κ1) is 29.8. The monoisotopic (exact) mass is 541 g/mol. The molecule has 210 valence electrons. The number of anilines is 1. The molecule has 0 saturated carbocycles. The van der Waals surface area contributed by atoms with Crippen molar-refractivity contribution in [2.45, 2.75) is 58.4 Å². The van der Waals surface area contributed by atoms with Crippen LogP contribution in [0.1, 0.15) is 47.4 Å². The number of amides is 1. The third-order valence-electron chi connectivity index (χ3n) is 6.11. The normalized spacial score (nSPS) is 15.6. The third-order valence-corrected chi connectivity index (χ3v) is 6.11. The molecular weight excluding hydrogens is 505 g/mol. The lowest BCUT2D eigenvalue weighted by atomic mass is 9.98. The van der Waals surface area contributed by atoms with Crippen molar-refractivity contribution in [3.63, 3.8) is 0 Å². The number of hydrogen-bond acceptors (Lipinski definition) is 8. The first-order chi connectivity index (χ1) is 18.9. The van der Waals surface area contributed by atoms with Gasteiger partial charge in [0.25, 0.3) is 5.56 Å². The third kappa shape index (κ3) is 10.5. The number of rotatable bonds is 11. The molecular formula is C27H36FN7O4. The van der Waals surface area contributed by atoms with Crippen LogP contribution in [0.5, 0.6) is 0 Å². The topological polar surface area (TPSA) is 133 Å². The first-order valence-electron chi connectivity index (χ1n) is 13.0. The largest absolute Gasteiger partial charge is 0.381 e. The molecule has 12 heteroatoms.